The van der Waals surface area contributed by atoms with E-state index < -0.39 is 259 Å². The summed E-state index contributed by atoms with van der Waals surface area (Å²) >= 11 is 0. The second kappa shape index (κ2) is 71.2. The van der Waals surface area contributed by atoms with Crippen molar-refractivity contribution in [2.45, 2.75) is 450 Å². The number of Topliss-reactive ketones (excluding diaryl/α,β-unsaturated/α-hetero) is 4. The van der Waals surface area contributed by atoms with Gasteiger partial charge >= 0.3 is 0 Å². The molecule has 0 saturated carbocycles. The first-order chi connectivity index (χ1) is 69.8. The zero-order chi connectivity index (χ0) is 107. The summed E-state index contributed by atoms with van der Waals surface area (Å²) in [6.45, 7) is 1.73. The molecule has 48 heteroatoms. The SMILES string of the molecule is CCCCCCCCCCCCCCCCC(=O)N[C@@H](CCC(=O)CC)C(=O)CCCCCCCC(=O)CN(CC(=O)CCCCCCC(=O)NCCO[C@H]1O[C@H](CO[C@H]2O[C@H](CO)C[C@H](O)[C@@H]2O)[C@@H](O)[C@H](O[C@H]2O[C@H](CO)[C@@H](O)[C@H](O)[C@@H]2O)[C@@H]1O)CC(=O)NCCCC[C@@H](C(=O)NCCO[C@@H]1O[C@@H](C)[C@@H](O)[C@@H](O)[C@@H]1O)N(CC(=O)NCCO[C@@H]1O[C@@H](C)[C@@H](O)[C@@H](O)[C@@H]1O)CC(=O)NCCO[C@@H]1O[C@@H](C)[C@@H](O)[C@@H](O)[C@@H]1O. The van der Waals surface area contributed by atoms with Gasteiger partial charge in [-0.15, -0.1) is 0 Å². The number of ether oxygens (including phenoxy) is 12. The molecule has 146 heavy (non-hydrogen) atoms. The Labute approximate surface area is 854 Å². The Morgan fingerprint density at radius 1 is 0.329 bits per heavy atom. The summed E-state index contributed by atoms with van der Waals surface area (Å²) in [5.74, 6) is -4.23. The minimum Gasteiger partial charge on any atom is -0.394 e. The maximum absolute atomic E-state index is 14.6. The van der Waals surface area contributed by atoms with E-state index in [-0.39, 0.29) is 172 Å². The highest BCUT2D eigenvalue weighted by atomic mass is 16.8. The average Bonchev–Trinajstić information content (AvgIpc) is 0.785. The van der Waals surface area contributed by atoms with E-state index in [1.165, 1.54) is 94.8 Å². The van der Waals surface area contributed by atoms with Crippen molar-refractivity contribution in [2.75, 3.05) is 112 Å². The lowest BCUT2D eigenvalue weighted by Gasteiger charge is -2.46. The molecule has 6 amide bonds. The van der Waals surface area contributed by atoms with Crippen molar-refractivity contribution in [3.63, 3.8) is 0 Å². The van der Waals surface area contributed by atoms with E-state index in [4.69, 9.17) is 56.8 Å². The number of hydrogen-bond acceptors (Lipinski definition) is 42. The van der Waals surface area contributed by atoms with Gasteiger partial charge in [-0.05, 0) is 78.6 Å². The van der Waals surface area contributed by atoms with Gasteiger partial charge in [0.15, 0.2) is 43.5 Å². The molecule has 6 saturated heterocycles. The van der Waals surface area contributed by atoms with Crippen LogP contribution in [0, 0.1) is 0 Å². The van der Waals surface area contributed by atoms with Crippen LogP contribution in [-0.2, 0) is 105 Å². The first kappa shape index (κ1) is 129. The van der Waals surface area contributed by atoms with Gasteiger partial charge in [-0.2, -0.15) is 0 Å². The summed E-state index contributed by atoms with van der Waals surface area (Å²) < 4.78 is 67.5. The molecule has 24 N–H and O–H groups in total. The predicted octanol–water partition coefficient (Wildman–Crippen LogP) is -4.37. The number of nitrogens with zero attached hydrogens (tertiary/aromatic N) is 2. The molecule has 6 aliphatic rings. The highest BCUT2D eigenvalue weighted by Gasteiger charge is 2.53. The third kappa shape index (κ3) is 46.2. The second-order valence-corrected chi connectivity index (χ2v) is 39.2. The normalized spacial score (nSPS) is 30.6. The lowest BCUT2D eigenvalue weighted by Crippen LogP contribution is -2.65. The molecule has 0 aliphatic carbocycles. The Hall–Kier alpha value is -5.78. The van der Waals surface area contributed by atoms with Crippen LogP contribution in [0.5, 0.6) is 0 Å². The van der Waals surface area contributed by atoms with Crippen LogP contribution in [0.15, 0.2) is 0 Å². The van der Waals surface area contributed by atoms with Crippen molar-refractivity contribution in [2.24, 2.45) is 0 Å². The molecule has 6 rings (SSSR count). The molecule has 846 valence electrons. The average molecular weight is 2100 g/mol. The standard InChI is InChI=1S/C98H174N8O40/c1-6-8-9-10-11-12-13-14-15-16-17-18-22-29-37-72(115)104-65(39-38-61(109)7-2)67(112)35-27-21-19-20-25-32-62(110)50-105(51-63(111)33-26-23-24-28-36-71(114)100-41-45-138-97-90(133)91(146-98-89(132)85(128)80(123)69(56-108)144-98)81(124)70(145-97)57-139-93-79(122)68(113)49-64(55-107)143-93)52-73(116)99-40-31-30-34-66(92(134)103-44-48-137-96-88(131)84(127)78(121)60(5)142-96)106(53-74(117)101-42-46-135-94-86(129)82(125)76(119)58(3)140-94)54-75(118)102-43-47-136-95-87(130)83(126)77(120)59(4)141-95/h58-60,64-66,68-70,76-91,93-98,107-108,113,119-133H,6-57H2,1-5H3,(H,99,116)(H,100,114)(H,101,117)(H,102,118)(H,103,134)(H,104,115)/t58-,59-,60-,64-,65-,66-,68-,69+,70+,76+,77+,78+,79-,80+,81+,82+,83+,84+,85-,86-,87-,88-,89-,90-,91-,93-,94+,95+,96+,97-,98+/m0/s1. The molecule has 6 fully saturated rings. The number of aliphatic hydroxyl groups is 18. The van der Waals surface area contributed by atoms with Gasteiger partial charge in [0.1, 0.15) is 127 Å². The zero-order valence-corrected chi connectivity index (χ0v) is 85.6. The Morgan fingerprint density at radius 2 is 0.726 bits per heavy atom. The van der Waals surface area contributed by atoms with Crippen LogP contribution in [0.2, 0.25) is 0 Å². The summed E-state index contributed by atoms with van der Waals surface area (Å²) in [4.78, 5) is 139. The number of amides is 6. The van der Waals surface area contributed by atoms with Gasteiger partial charge in [-0.25, -0.2) is 0 Å². The number of carbonyl (C=O) groups is 10. The highest BCUT2D eigenvalue weighted by Crippen LogP contribution is 2.33. The van der Waals surface area contributed by atoms with Crippen LogP contribution in [0.25, 0.3) is 0 Å². The number of aliphatic hydroxyl groups excluding tert-OH is 18. The van der Waals surface area contributed by atoms with E-state index in [9.17, 15) is 140 Å². The Bertz CT molecular complexity index is 3660. The summed E-state index contributed by atoms with van der Waals surface area (Å²) in [7, 11) is 0. The third-order valence-corrected chi connectivity index (χ3v) is 27.0. The summed E-state index contributed by atoms with van der Waals surface area (Å²) in [6, 6.07) is -2.13. The predicted molar refractivity (Wildman–Crippen MR) is 516 cm³/mol. The maximum Gasteiger partial charge on any atom is 0.237 e. The lowest BCUT2D eigenvalue weighted by atomic mass is 9.97. The Balaban J connectivity index is 1.07. The molecule has 0 aromatic rings. The summed E-state index contributed by atoms with van der Waals surface area (Å²) in [6.07, 6.45) is -22.1. The monoisotopic (exact) mass is 2100 g/mol. The minimum atomic E-state index is -1.96. The fourth-order valence-electron chi connectivity index (χ4n) is 18.0. The van der Waals surface area contributed by atoms with Crippen LogP contribution in [-0.4, -0.2) is 462 Å². The largest absolute Gasteiger partial charge is 0.394 e. The molecule has 0 radical (unpaired) electrons. The van der Waals surface area contributed by atoms with Crippen molar-refractivity contribution < 1.29 is 197 Å². The highest BCUT2D eigenvalue weighted by molar-refractivity contribution is 5.90. The van der Waals surface area contributed by atoms with E-state index in [0.717, 1.165) is 19.3 Å². The fourth-order valence-corrected chi connectivity index (χ4v) is 18.0. The van der Waals surface area contributed by atoms with Crippen LogP contribution >= 0.6 is 0 Å². The van der Waals surface area contributed by atoms with Crippen molar-refractivity contribution >= 4 is 58.6 Å². The van der Waals surface area contributed by atoms with E-state index in [1.807, 2.05) is 0 Å². The molecule has 6 heterocycles. The number of unbranched alkanes of at least 4 members (excludes halogenated alkanes) is 21. The summed E-state index contributed by atoms with van der Waals surface area (Å²) in [5, 5.41) is 205. The van der Waals surface area contributed by atoms with Gasteiger partial charge in [-0.1, -0.05) is 129 Å². The van der Waals surface area contributed by atoms with E-state index in [1.54, 1.807) is 6.92 Å². The minimum absolute atomic E-state index is 0.0102. The molecule has 6 aliphatic heterocycles. The molecule has 0 unspecified atom stereocenters. The zero-order valence-electron chi connectivity index (χ0n) is 85.6. The Kier molecular flexibility index (Phi) is 62.9. The number of carbonyl (C=O) groups excluding carboxylic acids is 10. The molecular formula is C98H174N8O40. The van der Waals surface area contributed by atoms with E-state index in [2.05, 4.69) is 38.8 Å². The van der Waals surface area contributed by atoms with Gasteiger partial charge in [-0.3, -0.25) is 57.7 Å². The van der Waals surface area contributed by atoms with Crippen molar-refractivity contribution in [3.05, 3.63) is 0 Å². The third-order valence-electron chi connectivity index (χ3n) is 27.0. The van der Waals surface area contributed by atoms with Crippen LogP contribution in [0.4, 0.5) is 0 Å². The molecule has 0 aromatic carbocycles. The maximum atomic E-state index is 14.6. The smallest absolute Gasteiger partial charge is 0.237 e. The second-order valence-electron chi connectivity index (χ2n) is 39.2. The van der Waals surface area contributed by atoms with Crippen LogP contribution in [0.3, 0.4) is 0 Å². The lowest BCUT2D eigenvalue weighted by molar-refractivity contribution is -0.364. The van der Waals surface area contributed by atoms with Crippen LogP contribution < -0.4 is 31.9 Å². The van der Waals surface area contributed by atoms with Gasteiger partial charge in [0.25, 0.3) is 0 Å². The molecular weight excluding hydrogens is 1930 g/mol. The first-order valence-corrected chi connectivity index (χ1v) is 52.8. The van der Waals surface area contributed by atoms with Gasteiger partial charge in [0.2, 0.25) is 35.4 Å². The van der Waals surface area contributed by atoms with E-state index in [0.29, 0.717) is 70.6 Å². The van der Waals surface area contributed by atoms with E-state index >= 15 is 0 Å². The van der Waals surface area contributed by atoms with Gasteiger partial charge in [0, 0.05) is 84.1 Å². The Morgan fingerprint density at radius 3 is 1.19 bits per heavy atom. The number of nitrogens with one attached hydrogen (secondary N) is 6. The van der Waals surface area contributed by atoms with Crippen LogP contribution in [0.1, 0.15) is 259 Å². The first-order valence-electron chi connectivity index (χ1n) is 52.8. The van der Waals surface area contributed by atoms with Crippen molar-refractivity contribution in [1.82, 2.24) is 41.7 Å². The molecule has 0 spiro atoms. The molecule has 0 bridgehead atoms. The molecule has 48 nitrogen and oxygen atoms in total. The summed E-state index contributed by atoms with van der Waals surface area (Å²) in [5.41, 5.74) is 0. The van der Waals surface area contributed by atoms with Crippen molar-refractivity contribution in [3.8, 4) is 0 Å². The topological polar surface area (TPSA) is 724 Å². The number of ketones is 4. The fraction of sp³-hybridized carbons (Fsp3) is 0.898. The molecule has 0 aromatic heterocycles. The van der Waals surface area contributed by atoms with Gasteiger partial charge < -0.3 is 181 Å². The van der Waals surface area contributed by atoms with Crippen molar-refractivity contribution in [1.29, 1.82) is 0 Å². The van der Waals surface area contributed by atoms with Gasteiger partial charge in [0.05, 0.1) is 122 Å². The quantitative estimate of drug-likeness (QED) is 0.0256. The number of rotatable bonds is 76. The number of hydrogen-bond donors (Lipinski definition) is 24. The molecule has 31 atom stereocenters.